The Morgan fingerprint density at radius 1 is 1.23 bits per heavy atom. The van der Waals surface area contributed by atoms with Crippen LogP contribution in [0.5, 0.6) is 0 Å². The van der Waals surface area contributed by atoms with Crippen LogP contribution in [0.25, 0.3) is 0 Å². The van der Waals surface area contributed by atoms with Crippen molar-refractivity contribution in [2.75, 3.05) is 36.5 Å². The fourth-order valence-corrected chi connectivity index (χ4v) is 2.63. The predicted molar refractivity (Wildman–Crippen MR) is 88.7 cm³/mol. The second kappa shape index (κ2) is 7.07. The fraction of sp³-hybridized carbons (Fsp3) is 0.312. The number of hydrogen-bond donors (Lipinski definition) is 1. The van der Waals surface area contributed by atoms with Crippen LogP contribution in [0.1, 0.15) is 5.56 Å². The normalized spacial score (nSPS) is 14.9. The van der Waals surface area contributed by atoms with Gasteiger partial charge in [0, 0.05) is 30.3 Å². The summed E-state index contributed by atoms with van der Waals surface area (Å²) in [5.74, 6) is 0.575. The second-order valence-corrected chi connectivity index (χ2v) is 6.02. The Hall–Kier alpha value is -1.66. The van der Waals surface area contributed by atoms with Gasteiger partial charge in [-0.15, -0.1) is 0 Å². The van der Waals surface area contributed by atoms with Gasteiger partial charge >= 0.3 is 0 Å². The number of anilines is 2. The van der Waals surface area contributed by atoms with Gasteiger partial charge in [0.2, 0.25) is 0 Å². The molecule has 1 aromatic carbocycles. The number of ether oxygens (including phenoxy) is 1. The maximum atomic E-state index is 14.3. The molecule has 0 atom stereocenters. The maximum Gasteiger partial charge on any atom is 0.146 e. The minimum Gasteiger partial charge on any atom is -0.378 e. The number of benzene rings is 1. The number of nitrogens with one attached hydrogen (secondary N) is 1. The minimum atomic E-state index is -0.190. The van der Waals surface area contributed by atoms with Crippen LogP contribution in [0.2, 0.25) is 0 Å². The molecule has 2 heterocycles. The third kappa shape index (κ3) is 3.75. The first kappa shape index (κ1) is 15.2. The van der Waals surface area contributed by atoms with Gasteiger partial charge < -0.3 is 15.0 Å². The van der Waals surface area contributed by atoms with Crippen LogP contribution in [-0.2, 0) is 11.3 Å². The number of aromatic nitrogens is 1. The lowest BCUT2D eigenvalue weighted by Gasteiger charge is -2.29. The topological polar surface area (TPSA) is 37.4 Å². The molecule has 0 bridgehead atoms. The molecule has 3 rings (SSSR count). The molecule has 22 heavy (non-hydrogen) atoms. The van der Waals surface area contributed by atoms with Crippen LogP contribution >= 0.6 is 15.9 Å². The zero-order valence-corrected chi connectivity index (χ0v) is 13.6. The van der Waals surface area contributed by atoms with Gasteiger partial charge in [-0.2, -0.15) is 0 Å². The maximum absolute atomic E-state index is 14.3. The van der Waals surface area contributed by atoms with E-state index in [2.05, 4.69) is 26.2 Å². The molecular formula is C16H17BrFN3O. The van der Waals surface area contributed by atoms with Crippen molar-refractivity contribution in [2.24, 2.45) is 0 Å². The van der Waals surface area contributed by atoms with Crippen molar-refractivity contribution in [3.63, 3.8) is 0 Å². The average molecular weight is 366 g/mol. The smallest absolute Gasteiger partial charge is 0.146 e. The number of nitrogens with zero attached hydrogens (tertiary/aromatic N) is 2. The Morgan fingerprint density at radius 3 is 2.73 bits per heavy atom. The summed E-state index contributed by atoms with van der Waals surface area (Å²) >= 11 is 3.34. The summed E-state index contributed by atoms with van der Waals surface area (Å²) in [5.41, 5.74) is 1.54. The average Bonchev–Trinajstić information content (AvgIpc) is 2.55. The molecule has 0 unspecified atom stereocenters. The molecule has 1 N–H and O–H groups in total. The summed E-state index contributed by atoms with van der Waals surface area (Å²) in [7, 11) is 0. The minimum absolute atomic E-state index is 0.190. The van der Waals surface area contributed by atoms with E-state index in [4.69, 9.17) is 4.74 Å². The summed E-state index contributed by atoms with van der Waals surface area (Å²) in [6, 6.07) is 9.16. The summed E-state index contributed by atoms with van der Waals surface area (Å²) in [6.45, 7) is 3.31. The lowest BCUT2D eigenvalue weighted by atomic mass is 10.1. The lowest BCUT2D eigenvalue weighted by Crippen LogP contribution is -2.36. The van der Waals surface area contributed by atoms with Crippen molar-refractivity contribution >= 4 is 27.4 Å². The molecule has 0 saturated carbocycles. The van der Waals surface area contributed by atoms with E-state index in [0.717, 1.165) is 28.9 Å². The third-order valence-corrected chi connectivity index (χ3v) is 4.03. The summed E-state index contributed by atoms with van der Waals surface area (Å²) in [5, 5.41) is 3.18. The molecule has 1 saturated heterocycles. The third-order valence-electron chi connectivity index (χ3n) is 3.56. The van der Waals surface area contributed by atoms with Gasteiger partial charge in [-0.1, -0.05) is 6.07 Å². The van der Waals surface area contributed by atoms with E-state index in [9.17, 15) is 4.39 Å². The fourth-order valence-electron chi connectivity index (χ4n) is 2.39. The van der Waals surface area contributed by atoms with E-state index in [1.807, 2.05) is 29.2 Å². The molecule has 1 aliphatic rings. The first-order valence-corrected chi connectivity index (χ1v) is 7.98. The van der Waals surface area contributed by atoms with Gasteiger partial charge in [0.15, 0.2) is 0 Å². The van der Waals surface area contributed by atoms with E-state index < -0.39 is 0 Å². The van der Waals surface area contributed by atoms with E-state index in [-0.39, 0.29) is 5.82 Å². The molecule has 0 radical (unpaired) electrons. The largest absolute Gasteiger partial charge is 0.378 e. The van der Waals surface area contributed by atoms with Crippen LogP contribution in [0, 0.1) is 5.82 Å². The Bertz CT molecular complexity index is 630. The van der Waals surface area contributed by atoms with Gasteiger partial charge in [-0.25, -0.2) is 9.37 Å². The Morgan fingerprint density at radius 2 is 2.05 bits per heavy atom. The Balaban J connectivity index is 1.65. The molecule has 0 aliphatic carbocycles. The number of hydrogen-bond acceptors (Lipinski definition) is 4. The number of rotatable bonds is 4. The van der Waals surface area contributed by atoms with E-state index >= 15 is 0 Å². The first-order chi connectivity index (χ1) is 10.7. The molecule has 4 nitrogen and oxygen atoms in total. The zero-order chi connectivity index (χ0) is 15.4. The predicted octanol–water partition coefficient (Wildman–Crippen LogP) is 3.43. The molecular weight excluding hydrogens is 349 g/mol. The molecule has 1 aromatic heterocycles. The molecule has 2 aromatic rings. The van der Waals surface area contributed by atoms with E-state index in [1.165, 1.54) is 0 Å². The highest BCUT2D eigenvalue weighted by atomic mass is 79.9. The SMILES string of the molecule is Fc1cc(CNc2ccc(Br)cn2)ccc1N1CCOCC1. The highest BCUT2D eigenvalue weighted by molar-refractivity contribution is 9.10. The Labute approximate surface area is 137 Å². The van der Waals surface area contributed by atoms with Gasteiger partial charge in [-0.3, -0.25) is 0 Å². The van der Waals surface area contributed by atoms with Gasteiger partial charge in [0.25, 0.3) is 0 Å². The number of halogens is 2. The van der Waals surface area contributed by atoms with Crippen LogP contribution < -0.4 is 10.2 Å². The van der Waals surface area contributed by atoms with Crippen molar-refractivity contribution in [3.05, 3.63) is 52.4 Å². The van der Waals surface area contributed by atoms with Gasteiger partial charge in [0.05, 0.1) is 18.9 Å². The highest BCUT2D eigenvalue weighted by Gasteiger charge is 2.15. The van der Waals surface area contributed by atoms with Crippen molar-refractivity contribution in [1.29, 1.82) is 0 Å². The molecule has 0 spiro atoms. The lowest BCUT2D eigenvalue weighted by molar-refractivity contribution is 0.122. The second-order valence-electron chi connectivity index (χ2n) is 5.10. The van der Waals surface area contributed by atoms with Crippen molar-refractivity contribution in [2.45, 2.75) is 6.54 Å². The highest BCUT2D eigenvalue weighted by Crippen LogP contribution is 2.22. The van der Waals surface area contributed by atoms with Crippen LogP contribution in [0.15, 0.2) is 41.0 Å². The monoisotopic (exact) mass is 365 g/mol. The van der Waals surface area contributed by atoms with E-state index in [1.54, 1.807) is 12.3 Å². The molecule has 1 aliphatic heterocycles. The summed E-state index contributed by atoms with van der Waals surface area (Å²) < 4.78 is 20.5. The zero-order valence-electron chi connectivity index (χ0n) is 12.1. The first-order valence-electron chi connectivity index (χ1n) is 7.19. The molecule has 0 amide bonds. The van der Waals surface area contributed by atoms with Crippen LogP contribution in [0.3, 0.4) is 0 Å². The van der Waals surface area contributed by atoms with E-state index in [0.29, 0.717) is 25.4 Å². The summed E-state index contributed by atoms with van der Waals surface area (Å²) in [4.78, 5) is 6.25. The summed E-state index contributed by atoms with van der Waals surface area (Å²) in [6.07, 6.45) is 1.73. The molecule has 116 valence electrons. The standard InChI is InChI=1S/C16H17BrFN3O/c17-13-2-4-16(20-11-13)19-10-12-1-3-15(14(18)9-12)21-5-7-22-8-6-21/h1-4,9,11H,5-8,10H2,(H,19,20). The Kier molecular flexibility index (Phi) is 4.90. The quantitative estimate of drug-likeness (QED) is 0.900. The number of morpholine rings is 1. The van der Waals surface area contributed by atoms with Crippen molar-refractivity contribution < 1.29 is 9.13 Å². The van der Waals surface area contributed by atoms with Crippen molar-refractivity contribution in [1.82, 2.24) is 4.98 Å². The molecule has 6 heteroatoms. The molecule has 1 fully saturated rings. The van der Waals surface area contributed by atoms with Crippen LogP contribution in [-0.4, -0.2) is 31.3 Å². The van der Waals surface area contributed by atoms with Gasteiger partial charge in [0.1, 0.15) is 11.6 Å². The number of pyridine rings is 1. The van der Waals surface area contributed by atoms with Gasteiger partial charge in [-0.05, 0) is 45.8 Å². The van der Waals surface area contributed by atoms with Crippen molar-refractivity contribution in [3.8, 4) is 0 Å². The van der Waals surface area contributed by atoms with Crippen LogP contribution in [0.4, 0.5) is 15.9 Å².